The quantitative estimate of drug-likeness (QED) is 0.800. The molecule has 0 saturated carbocycles. The van der Waals surface area contributed by atoms with Crippen molar-refractivity contribution < 1.29 is 14.3 Å². The van der Waals surface area contributed by atoms with Crippen LogP contribution in [0.1, 0.15) is 18.9 Å². The van der Waals surface area contributed by atoms with Crippen molar-refractivity contribution in [1.82, 2.24) is 9.88 Å². The number of hydrogen-bond donors (Lipinski definition) is 2. The molecule has 0 saturated heterocycles. The van der Waals surface area contributed by atoms with Crippen LogP contribution in [0.2, 0.25) is 0 Å². The summed E-state index contributed by atoms with van der Waals surface area (Å²) in [5, 5.41) is 0.549. The Bertz CT molecular complexity index is 1160. The summed E-state index contributed by atoms with van der Waals surface area (Å²) in [6, 6.07) is 6.03. The zero-order valence-corrected chi connectivity index (χ0v) is 16.5. The first-order chi connectivity index (χ1) is 14.0. The number of aliphatic imine (C=N–C) groups is 1. The van der Waals surface area contributed by atoms with Crippen molar-refractivity contribution in [2.75, 3.05) is 18.9 Å². The number of nitrogens with zero attached hydrogens (tertiary/aromatic N) is 3. The summed E-state index contributed by atoms with van der Waals surface area (Å²) >= 11 is 1.46. The van der Waals surface area contributed by atoms with Crippen LogP contribution in [0.25, 0.3) is 10.2 Å². The molecular formula is C20H19N5O3S. The number of ether oxygens (including phenoxy) is 2. The largest absolute Gasteiger partial charge is 0.493 e. The van der Waals surface area contributed by atoms with E-state index < -0.39 is 12.0 Å². The molecule has 4 N–H and O–H groups in total. The molecule has 0 aliphatic carbocycles. The van der Waals surface area contributed by atoms with Gasteiger partial charge in [-0.3, -0.25) is 4.79 Å². The fourth-order valence-electron chi connectivity index (χ4n) is 3.73. The molecule has 0 spiro atoms. The van der Waals surface area contributed by atoms with Gasteiger partial charge in [-0.1, -0.05) is 11.3 Å². The molecule has 3 aliphatic heterocycles. The lowest BCUT2D eigenvalue weighted by molar-refractivity contribution is -0.126. The summed E-state index contributed by atoms with van der Waals surface area (Å²) in [6.07, 6.45) is 3.40. The van der Waals surface area contributed by atoms with Crippen LogP contribution in [0.3, 0.4) is 0 Å². The number of fused-ring (bicyclic) bond motifs is 1. The Morgan fingerprint density at radius 3 is 3.10 bits per heavy atom. The average molecular weight is 409 g/mol. The van der Waals surface area contributed by atoms with Gasteiger partial charge in [0, 0.05) is 18.3 Å². The molecule has 0 radical (unpaired) electrons. The maximum atomic E-state index is 11.5. The number of thiazole rings is 1. The molecule has 1 unspecified atom stereocenters. The highest BCUT2D eigenvalue weighted by Crippen LogP contribution is 2.39. The average Bonchev–Trinajstić information content (AvgIpc) is 3.23. The molecule has 1 atom stereocenters. The van der Waals surface area contributed by atoms with E-state index >= 15 is 0 Å². The summed E-state index contributed by atoms with van der Waals surface area (Å²) in [4.78, 5) is 22.7. The van der Waals surface area contributed by atoms with Crippen molar-refractivity contribution in [2.24, 2.45) is 10.7 Å². The van der Waals surface area contributed by atoms with Crippen molar-refractivity contribution in [1.29, 1.82) is 0 Å². The van der Waals surface area contributed by atoms with Crippen molar-refractivity contribution in [2.45, 2.75) is 19.4 Å². The number of hydrogen-bond acceptors (Lipinski definition) is 8. The van der Waals surface area contributed by atoms with Crippen LogP contribution in [-0.2, 0) is 14.3 Å². The molecule has 1 aromatic carbocycles. The number of carbonyl (C=O) groups excluding carboxylic acids is 1. The molecular weight excluding hydrogens is 390 g/mol. The number of rotatable bonds is 4. The number of carbonyl (C=O) groups is 1. The molecule has 29 heavy (non-hydrogen) atoms. The highest BCUT2D eigenvalue weighted by atomic mass is 32.1. The molecule has 3 aliphatic rings. The topological polar surface area (TPSA) is 116 Å². The van der Waals surface area contributed by atoms with Crippen LogP contribution in [0.4, 0.5) is 5.13 Å². The van der Waals surface area contributed by atoms with Crippen molar-refractivity contribution in [3.8, 4) is 0 Å². The van der Waals surface area contributed by atoms with Crippen LogP contribution < -0.4 is 11.5 Å². The van der Waals surface area contributed by atoms with E-state index in [1.807, 2.05) is 12.1 Å². The van der Waals surface area contributed by atoms with Gasteiger partial charge in [0.25, 0.3) is 5.91 Å². The Balaban J connectivity index is 1.57. The van der Waals surface area contributed by atoms with Gasteiger partial charge in [0.05, 0.1) is 21.5 Å². The number of amidine groups is 1. The van der Waals surface area contributed by atoms with E-state index in [-0.39, 0.29) is 0 Å². The second-order valence-corrected chi connectivity index (χ2v) is 8.10. The van der Waals surface area contributed by atoms with E-state index in [9.17, 15) is 4.79 Å². The molecule has 9 heteroatoms. The fraction of sp³-hybridized carbons (Fsp3) is 0.250. The van der Waals surface area contributed by atoms with Gasteiger partial charge < -0.3 is 25.8 Å². The first-order valence-corrected chi connectivity index (χ1v) is 10.1. The van der Waals surface area contributed by atoms with Gasteiger partial charge in [0.1, 0.15) is 18.7 Å². The highest BCUT2D eigenvalue weighted by Gasteiger charge is 2.36. The monoisotopic (exact) mass is 409 g/mol. The van der Waals surface area contributed by atoms with Gasteiger partial charge in [0.15, 0.2) is 17.0 Å². The third kappa shape index (κ3) is 2.94. The van der Waals surface area contributed by atoms with Crippen molar-refractivity contribution >= 4 is 38.4 Å². The second-order valence-electron chi connectivity index (χ2n) is 7.04. The lowest BCUT2D eigenvalue weighted by atomic mass is 10.0. The van der Waals surface area contributed by atoms with E-state index in [0.717, 1.165) is 45.9 Å². The third-order valence-corrected chi connectivity index (χ3v) is 6.00. The SMILES string of the molecule is CC(OC1=COCC2=C3C1=CN=C(c1ccc4nc(N)sc4c1)N3CC2)C(N)=O. The van der Waals surface area contributed by atoms with Crippen molar-refractivity contribution in [3.63, 3.8) is 0 Å². The van der Waals surface area contributed by atoms with E-state index in [4.69, 9.17) is 25.9 Å². The van der Waals surface area contributed by atoms with E-state index in [1.165, 1.54) is 23.2 Å². The molecule has 1 amide bonds. The van der Waals surface area contributed by atoms with Crippen molar-refractivity contribution in [3.05, 3.63) is 58.8 Å². The molecule has 8 nitrogen and oxygen atoms in total. The first-order valence-electron chi connectivity index (χ1n) is 9.23. The second kappa shape index (κ2) is 6.63. The summed E-state index contributed by atoms with van der Waals surface area (Å²) in [6.45, 7) is 2.88. The Morgan fingerprint density at radius 1 is 1.41 bits per heavy atom. The maximum Gasteiger partial charge on any atom is 0.258 e. The lowest BCUT2D eigenvalue weighted by Crippen LogP contribution is -2.33. The normalized spacial score (nSPS) is 19.1. The van der Waals surface area contributed by atoms with Crippen LogP contribution in [0, 0.1) is 0 Å². The summed E-state index contributed by atoms with van der Waals surface area (Å²) in [5.74, 6) is 0.781. The molecule has 148 valence electrons. The summed E-state index contributed by atoms with van der Waals surface area (Å²) in [5.41, 5.74) is 16.1. The number of anilines is 1. The highest BCUT2D eigenvalue weighted by molar-refractivity contribution is 7.22. The summed E-state index contributed by atoms with van der Waals surface area (Å²) < 4.78 is 12.5. The molecule has 2 aromatic rings. The maximum absolute atomic E-state index is 11.5. The van der Waals surface area contributed by atoms with Crippen LogP contribution in [0.15, 0.2) is 58.3 Å². The fourth-order valence-corrected chi connectivity index (χ4v) is 4.50. The zero-order chi connectivity index (χ0) is 20.1. The lowest BCUT2D eigenvalue weighted by Gasteiger charge is -2.29. The Hall–Kier alpha value is -3.33. The van der Waals surface area contributed by atoms with Gasteiger partial charge in [-0.2, -0.15) is 0 Å². The molecule has 5 rings (SSSR count). The number of nitrogens with two attached hydrogens (primary N) is 2. The standard InChI is InChI=1S/C20H19N5O3S/c1-10(18(21)26)28-15-9-27-8-12-4-5-25-17(12)13(15)7-23-19(25)11-2-3-14-16(6-11)29-20(22)24-14/h2-3,6-7,9-10H,4-5,8H2,1H3,(H2,21,26)(H2,22,24). The Labute approximate surface area is 170 Å². The minimum Gasteiger partial charge on any atom is -0.493 e. The number of benzene rings is 1. The third-order valence-electron chi connectivity index (χ3n) is 5.15. The van der Waals surface area contributed by atoms with Gasteiger partial charge >= 0.3 is 0 Å². The van der Waals surface area contributed by atoms with Gasteiger partial charge in [-0.15, -0.1) is 0 Å². The van der Waals surface area contributed by atoms with Gasteiger partial charge in [-0.25, -0.2) is 9.98 Å². The number of primary amides is 1. The smallest absolute Gasteiger partial charge is 0.258 e. The minimum atomic E-state index is -0.771. The first kappa shape index (κ1) is 17.7. The minimum absolute atomic E-state index is 0.460. The molecule has 4 heterocycles. The number of amides is 1. The van der Waals surface area contributed by atoms with Gasteiger partial charge in [0.2, 0.25) is 0 Å². The molecule has 0 bridgehead atoms. The van der Waals surface area contributed by atoms with Crippen LogP contribution in [0.5, 0.6) is 0 Å². The van der Waals surface area contributed by atoms with Gasteiger partial charge in [-0.05, 0) is 37.1 Å². The zero-order valence-electron chi connectivity index (χ0n) is 15.7. The Kier molecular flexibility index (Phi) is 4.06. The number of aromatic nitrogens is 1. The number of nitrogen functional groups attached to an aromatic ring is 1. The molecule has 1 aromatic heterocycles. The predicted molar refractivity (Wildman–Crippen MR) is 111 cm³/mol. The van der Waals surface area contributed by atoms with E-state index in [2.05, 4.69) is 16.0 Å². The molecule has 0 fully saturated rings. The van der Waals surface area contributed by atoms with Crippen LogP contribution in [-0.4, -0.2) is 40.9 Å². The summed E-state index contributed by atoms with van der Waals surface area (Å²) in [7, 11) is 0. The predicted octanol–water partition coefficient (Wildman–Crippen LogP) is 2.24. The van der Waals surface area contributed by atoms with Crippen LogP contribution >= 0.6 is 11.3 Å². The Morgan fingerprint density at radius 2 is 2.28 bits per heavy atom. The van der Waals surface area contributed by atoms with E-state index in [0.29, 0.717) is 17.5 Å². The van der Waals surface area contributed by atoms with E-state index in [1.54, 1.807) is 13.1 Å².